The van der Waals surface area contributed by atoms with Crippen molar-refractivity contribution in [1.29, 1.82) is 0 Å². The van der Waals surface area contributed by atoms with Crippen molar-refractivity contribution in [3.05, 3.63) is 70.6 Å². The van der Waals surface area contributed by atoms with Crippen molar-refractivity contribution in [2.24, 2.45) is 0 Å². The predicted octanol–water partition coefficient (Wildman–Crippen LogP) is 3.05. The number of anilines is 1. The molecule has 110 valence electrons. The van der Waals surface area contributed by atoms with Crippen molar-refractivity contribution in [3.8, 4) is 5.75 Å². The SMILES string of the molecule is COc1cccc(C(=O)Nc2ccc3oc(=O)ccc3c2)c1. The first-order valence-corrected chi connectivity index (χ1v) is 6.65. The summed E-state index contributed by atoms with van der Waals surface area (Å²) < 4.78 is 10.2. The number of benzene rings is 2. The van der Waals surface area contributed by atoms with Crippen LogP contribution in [-0.2, 0) is 0 Å². The standard InChI is InChI=1S/C17H13NO4/c1-21-14-4-2-3-12(10-14)17(20)18-13-6-7-15-11(9-13)5-8-16(19)22-15/h2-10H,1H3,(H,18,20). The molecule has 1 amide bonds. The number of fused-ring (bicyclic) bond motifs is 1. The molecule has 1 heterocycles. The molecule has 1 N–H and O–H groups in total. The quantitative estimate of drug-likeness (QED) is 0.754. The zero-order valence-corrected chi connectivity index (χ0v) is 11.8. The first-order chi connectivity index (χ1) is 10.7. The molecule has 2 aromatic carbocycles. The minimum atomic E-state index is -0.402. The lowest BCUT2D eigenvalue weighted by Gasteiger charge is -2.07. The van der Waals surface area contributed by atoms with Crippen LogP contribution in [0.4, 0.5) is 5.69 Å². The van der Waals surface area contributed by atoms with E-state index in [1.165, 1.54) is 6.07 Å². The third-order valence-corrected chi connectivity index (χ3v) is 3.21. The van der Waals surface area contributed by atoms with Gasteiger partial charge in [-0.2, -0.15) is 0 Å². The van der Waals surface area contributed by atoms with Crippen LogP contribution >= 0.6 is 0 Å². The first kappa shape index (κ1) is 13.9. The molecule has 0 aliphatic heterocycles. The molecule has 0 radical (unpaired) electrons. The Hall–Kier alpha value is -3.08. The van der Waals surface area contributed by atoms with Gasteiger partial charge in [0.2, 0.25) is 0 Å². The minimum Gasteiger partial charge on any atom is -0.497 e. The molecule has 0 bridgehead atoms. The van der Waals surface area contributed by atoms with E-state index in [0.717, 1.165) is 5.39 Å². The summed E-state index contributed by atoms with van der Waals surface area (Å²) in [6, 6.07) is 15.0. The van der Waals surface area contributed by atoms with Gasteiger partial charge >= 0.3 is 5.63 Å². The second-order valence-corrected chi connectivity index (χ2v) is 4.69. The van der Waals surface area contributed by atoms with Gasteiger partial charge in [0.25, 0.3) is 5.91 Å². The maximum Gasteiger partial charge on any atom is 0.336 e. The summed E-state index contributed by atoms with van der Waals surface area (Å²) in [5.74, 6) is 0.378. The molecule has 22 heavy (non-hydrogen) atoms. The van der Waals surface area contributed by atoms with Crippen molar-refractivity contribution in [3.63, 3.8) is 0 Å². The fraction of sp³-hybridized carbons (Fsp3) is 0.0588. The van der Waals surface area contributed by atoms with Crippen LogP contribution in [-0.4, -0.2) is 13.0 Å². The van der Waals surface area contributed by atoms with Crippen LogP contribution in [0.2, 0.25) is 0 Å². The average molecular weight is 295 g/mol. The second-order valence-electron chi connectivity index (χ2n) is 4.69. The molecule has 0 aliphatic rings. The highest BCUT2D eigenvalue weighted by molar-refractivity contribution is 6.05. The van der Waals surface area contributed by atoms with Gasteiger partial charge in [0.05, 0.1) is 7.11 Å². The number of hydrogen-bond donors (Lipinski definition) is 1. The predicted molar refractivity (Wildman–Crippen MR) is 83.4 cm³/mol. The van der Waals surface area contributed by atoms with Crippen molar-refractivity contribution in [1.82, 2.24) is 0 Å². The van der Waals surface area contributed by atoms with Gasteiger partial charge in [-0.3, -0.25) is 4.79 Å². The average Bonchev–Trinajstić information content (AvgIpc) is 2.55. The van der Waals surface area contributed by atoms with Gasteiger partial charge in [0.1, 0.15) is 11.3 Å². The van der Waals surface area contributed by atoms with Crippen LogP contribution in [0.3, 0.4) is 0 Å². The Balaban J connectivity index is 1.87. The monoisotopic (exact) mass is 295 g/mol. The molecule has 0 saturated heterocycles. The Morgan fingerprint density at radius 2 is 1.95 bits per heavy atom. The number of rotatable bonds is 3. The Labute approximate surface area is 126 Å². The fourth-order valence-corrected chi connectivity index (χ4v) is 2.12. The van der Waals surface area contributed by atoms with E-state index < -0.39 is 5.63 Å². The summed E-state index contributed by atoms with van der Waals surface area (Å²) in [5, 5.41) is 3.54. The number of ether oxygens (including phenoxy) is 1. The lowest BCUT2D eigenvalue weighted by Crippen LogP contribution is -2.11. The zero-order chi connectivity index (χ0) is 15.5. The van der Waals surface area contributed by atoms with Gasteiger partial charge in [0.15, 0.2) is 0 Å². The normalized spacial score (nSPS) is 10.4. The molecular weight excluding hydrogens is 282 g/mol. The lowest BCUT2D eigenvalue weighted by atomic mass is 10.1. The van der Waals surface area contributed by atoms with E-state index in [-0.39, 0.29) is 5.91 Å². The summed E-state index contributed by atoms with van der Waals surface area (Å²) in [6.07, 6.45) is 0. The highest BCUT2D eigenvalue weighted by Crippen LogP contribution is 2.19. The van der Waals surface area contributed by atoms with Crippen LogP contribution in [0.15, 0.2) is 63.8 Å². The molecule has 0 saturated carbocycles. The number of carbonyl (C=O) groups is 1. The van der Waals surface area contributed by atoms with Gasteiger partial charge in [-0.05, 0) is 42.5 Å². The zero-order valence-electron chi connectivity index (χ0n) is 11.8. The van der Waals surface area contributed by atoms with Gasteiger partial charge < -0.3 is 14.5 Å². The molecule has 1 aromatic heterocycles. The van der Waals surface area contributed by atoms with Crippen LogP contribution < -0.4 is 15.7 Å². The van der Waals surface area contributed by atoms with Crippen LogP contribution in [0, 0.1) is 0 Å². The van der Waals surface area contributed by atoms with Gasteiger partial charge in [0, 0.05) is 22.7 Å². The van der Waals surface area contributed by atoms with E-state index in [1.807, 2.05) is 0 Å². The lowest BCUT2D eigenvalue weighted by molar-refractivity contribution is 0.102. The van der Waals surface area contributed by atoms with Crippen molar-refractivity contribution < 1.29 is 13.9 Å². The molecule has 3 aromatic rings. The molecule has 3 rings (SSSR count). The van der Waals surface area contributed by atoms with Crippen molar-refractivity contribution >= 4 is 22.6 Å². The van der Waals surface area contributed by atoms with Crippen molar-refractivity contribution in [2.75, 3.05) is 12.4 Å². The van der Waals surface area contributed by atoms with Gasteiger partial charge in [-0.1, -0.05) is 6.07 Å². The van der Waals surface area contributed by atoms with E-state index in [1.54, 1.807) is 55.6 Å². The van der Waals surface area contributed by atoms with Crippen LogP contribution in [0.5, 0.6) is 5.75 Å². The summed E-state index contributed by atoms with van der Waals surface area (Å²) in [7, 11) is 1.55. The maximum absolute atomic E-state index is 12.2. The fourth-order valence-electron chi connectivity index (χ4n) is 2.12. The summed E-state index contributed by atoms with van der Waals surface area (Å²) in [4.78, 5) is 23.4. The molecular formula is C17H13NO4. The Bertz CT molecular complexity index is 898. The van der Waals surface area contributed by atoms with E-state index in [2.05, 4.69) is 5.32 Å². The van der Waals surface area contributed by atoms with Gasteiger partial charge in [-0.25, -0.2) is 4.79 Å². The summed E-state index contributed by atoms with van der Waals surface area (Å²) in [5.41, 5.74) is 1.20. The van der Waals surface area contributed by atoms with Gasteiger partial charge in [-0.15, -0.1) is 0 Å². The van der Waals surface area contributed by atoms with Crippen LogP contribution in [0.25, 0.3) is 11.0 Å². The highest BCUT2D eigenvalue weighted by atomic mass is 16.5. The molecule has 0 fully saturated rings. The molecule has 5 nitrogen and oxygen atoms in total. The number of hydrogen-bond acceptors (Lipinski definition) is 4. The number of amides is 1. The Kier molecular flexibility index (Phi) is 3.62. The maximum atomic E-state index is 12.2. The smallest absolute Gasteiger partial charge is 0.336 e. The number of nitrogens with one attached hydrogen (secondary N) is 1. The van der Waals surface area contributed by atoms with E-state index in [9.17, 15) is 9.59 Å². The third kappa shape index (κ3) is 2.83. The second kappa shape index (κ2) is 5.73. The largest absolute Gasteiger partial charge is 0.497 e. The minimum absolute atomic E-state index is 0.240. The van der Waals surface area contributed by atoms with Crippen molar-refractivity contribution in [2.45, 2.75) is 0 Å². The first-order valence-electron chi connectivity index (χ1n) is 6.65. The molecule has 0 unspecified atom stereocenters. The highest BCUT2D eigenvalue weighted by Gasteiger charge is 2.08. The Morgan fingerprint density at radius 3 is 2.77 bits per heavy atom. The van der Waals surface area contributed by atoms with E-state index >= 15 is 0 Å². The topological polar surface area (TPSA) is 68.5 Å². The molecule has 5 heteroatoms. The molecule has 0 spiro atoms. The number of methoxy groups -OCH3 is 1. The number of carbonyl (C=O) groups excluding carboxylic acids is 1. The summed E-state index contributed by atoms with van der Waals surface area (Å²) in [6.45, 7) is 0. The third-order valence-electron chi connectivity index (χ3n) is 3.21. The Morgan fingerprint density at radius 1 is 1.09 bits per heavy atom. The molecule has 0 aliphatic carbocycles. The molecule has 0 atom stereocenters. The van der Waals surface area contributed by atoms with Crippen LogP contribution in [0.1, 0.15) is 10.4 Å². The van der Waals surface area contributed by atoms with E-state index in [0.29, 0.717) is 22.6 Å². The summed E-state index contributed by atoms with van der Waals surface area (Å²) >= 11 is 0. The van der Waals surface area contributed by atoms with E-state index in [4.69, 9.17) is 9.15 Å².